The molecule has 174 valence electrons. The van der Waals surface area contributed by atoms with Crippen LogP contribution < -0.4 is 8.92 Å². The summed E-state index contributed by atoms with van der Waals surface area (Å²) >= 11 is 0. The highest BCUT2D eigenvalue weighted by molar-refractivity contribution is 7.86. The minimum absolute atomic E-state index is 0.189. The molecule has 3 rings (SSSR count). The molecule has 3 aromatic rings. The first-order chi connectivity index (χ1) is 14.8. The lowest BCUT2D eigenvalue weighted by Gasteiger charge is -2.28. The number of ether oxygens (including phenoxy) is 1. The van der Waals surface area contributed by atoms with Crippen LogP contribution in [-0.4, -0.2) is 31.0 Å². The smallest absolute Gasteiger partial charge is 0.427 e. The van der Waals surface area contributed by atoms with Crippen molar-refractivity contribution in [1.82, 2.24) is 4.57 Å². The third-order valence-electron chi connectivity index (χ3n) is 5.08. The Kier molecular flexibility index (Phi) is 6.78. The Morgan fingerprint density at radius 3 is 2.22 bits per heavy atom. The van der Waals surface area contributed by atoms with Crippen molar-refractivity contribution in [3.63, 3.8) is 0 Å². The second-order valence-electron chi connectivity index (χ2n) is 8.23. The number of benzene rings is 2. The van der Waals surface area contributed by atoms with Crippen LogP contribution in [0, 0.1) is 0 Å². The first-order valence-electron chi connectivity index (χ1n) is 10.2. The summed E-state index contributed by atoms with van der Waals surface area (Å²) in [5.41, 5.74) is -0.229. The lowest BCUT2D eigenvalue weighted by atomic mass is 10.1. The molecule has 0 fully saturated rings. The van der Waals surface area contributed by atoms with E-state index >= 15 is 0 Å². The molecule has 1 aromatic heterocycles. The van der Waals surface area contributed by atoms with Gasteiger partial charge in [-0.15, -0.1) is 0 Å². The number of rotatable bonds is 9. The van der Waals surface area contributed by atoms with Crippen molar-refractivity contribution in [1.29, 1.82) is 0 Å². The van der Waals surface area contributed by atoms with E-state index in [1.54, 1.807) is 36.4 Å². The summed E-state index contributed by atoms with van der Waals surface area (Å²) < 4.78 is 73.5. The van der Waals surface area contributed by atoms with Crippen LogP contribution in [0.15, 0.2) is 54.7 Å². The van der Waals surface area contributed by atoms with Crippen LogP contribution in [0.4, 0.5) is 13.2 Å². The predicted octanol–water partition coefficient (Wildman–Crippen LogP) is 5.72. The number of fused-ring (bicyclic) bond motifs is 1. The second-order valence-corrected chi connectivity index (χ2v) is 9.80. The zero-order chi connectivity index (χ0) is 23.6. The SMILES string of the molecule is CC(C)(Oc1ccc(CCCCn2ccc3cc(OS(C)(=O)=O)ccc32)cc1)C(F)(F)F. The molecule has 0 unspecified atom stereocenters. The molecule has 1 heterocycles. The van der Waals surface area contributed by atoms with Gasteiger partial charge in [0.15, 0.2) is 5.60 Å². The van der Waals surface area contributed by atoms with Gasteiger partial charge < -0.3 is 13.5 Å². The lowest BCUT2D eigenvalue weighted by molar-refractivity contribution is -0.234. The van der Waals surface area contributed by atoms with E-state index in [1.165, 1.54) is 0 Å². The molecule has 32 heavy (non-hydrogen) atoms. The molecule has 0 radical (unpaired) electrons. The lowest BCUT2D eigenvalue weighted by Crippen LogP contribution is -2.44. The third kappa shape index (κ3) is 6.18. The average Bonchev–Trinajstić information content (AvgIpc) is 3.06. The third-order valence-corrected chi connectivity index (χ3v) is 5.58. The van der Waals surface area contributed by atoms with E-state index in [1.807, 2.05) is 18.3 Å². The molecular formula is C23H26F3NO4S. The summed E-state index contributed by atoms with van der Waals surface area (Å²) in [4.78, 5) is 0. The van der Waals surface area contributed by atoms with E-state index in [-0.39, 0.29) is 11.5 Å². The Balaban J connectivity index is 1.51. The fourth-order valence-electron chi connectivity index (χ4n) is 3.29. The molecule has 9 heteroatoms. The molecule has 0 aliphatic heterocycles. The first-order valence-corrected chi connectivity index (χ1v) is 12.0. The number of halogens is 3. The molecule has 5 nitrogen and oxygen atoms in total. The maximum Gasteiger partial charge on any atom is 0.427 e. The monoisotopic (exact) mass is 469 g/mol. The number of unbranched alkanes of at least 4 members (excludes halogenated alkanes) is 1. The Morgan fingerprint density at radius 2 is 1.59 bits per heavy atom. The van der Waals surface area contributed by atoms with Gasteiger partial charge >= 0.3 is 16.3 Å². The van der Waals surface area contributed by atoms with Crippen molar-refractivity contribution in [2.45, 2.75) is 51.4 Å². The molecule has 0 spiro atoms. The second kappa shape index (κ2) is 9.05. The molecule has 0 atom stereocenters. The standard InChI is InChI=1S/C23H26F3NO4S/c1-22(2,23(24,25)26)30-19-9-7-17(8-10-19)6-4-5-14-27-15-13-18-16-20(11-12-21(18)27)31-32(3,28)29/h7-13,15-16H,4-6,14H2,1-3H3. The maximum absolute atomic E-state index is 12.9. The number of hydrogen-bond acceptors (Lipinski definition) is 4. The molecule has 0 N–H and O–H groups in total. The molecule has 0 saturated heterocycles. The first kappa shape index (κ1) is 24.0. The van der Waals surface area contributed by atoms with Crippen LogP contribution in [0.25, 0.3) is 10.9 Å². The number of nitrogens with zero attached hydrogens (tertiary/aromatic N) is 1. The van der Waals surface area contributed by atoms with E-state index in [2.05, 4.69) is 4.57 Å². The number of hydrogen-bond donors (Lipinski definition) is 0. The number of aromatic nitrogens is 1. The van der Waals surface area contributed by atoms with Gasteiger partial charge in [0.2, 0.25) is 0 Å². The highest BCUT2D eigenvalue weighted by atomic mass is 32.2. The molecule has 0 bridgehead atoms. The Bertz CT molecular complexity index is 1170. The van der Waals surface area contributed by atoms with Crippen LogP contribution >= 0.6 is 0 Å². The predicted molar refractivity (Wildman–Crippen MR) is 118 cm³/mol. The van der Waals surface area contributed by atoms with Crippen molar-refractivity contribution in [3.05, 3.63) is 60.3 Å². The van der Waals surface area contributed by atoms with Crippen molar-refractivity contribution < 1.29 is 30.5 Å². The zero-order valence-electron chi connectivity index (χ0n) is 18.1. The highest BCUT2D eigenvalue weighted by Gasteiger charge is 2.49. The summed E-state index contributed by atoms with van der Waals surface area (Å²) in [6.45, 7) is 2.80. The molecule has 0 aliphatic carbocycles. The van der Waals surface area contributed by atoms with Crippen molar-refractivity contribution >= 4 is 21.0 Å². The Labute approximate surface area is 185 Å². The van der Waals surface area contributed by atoms with E-state index in [9.17, 15) is 21.6 Å². The molecule has 0 amide bonds. The highest BCUT2D eigenvalue weighted by Crippen LogP contribution is 2.34. The summed E-state index contributed by atoms with van der Waals surface area (Å²) in [6.07, 6.45) is 1.12. The van der Waals surface area contributed by atoms with Gasteiger partial charge in [-0.25, -0.2) is 0 Å². The van der Waals surface area contributed by atoms with Crippen molar-refractivity contribution in [2.75, 3.05) is 6.26 Å². The quantitative estimate of drug-likeness (QED) is 0.297. The van der Waals surface area contributed by atoms with Crippen LogP contribution in [0.5, 0.6) is 11.5 Å². The van der Waals surface area contributed by atoms with E-state index in [4.69, 9.17) is 8.92 Å². The number of aryl methyl sites for hydroxylation is 2. The van der Waals surface area contributed by atoms with Gasteiger partial charge in [-0.2, -0.15) is 21.6 Å². The topological polar surface area (TPSA) is 57.5 Å². The van der Waals surface area contributed by atoms with Gasteiger partial charge in [0.25, 0.3) is 0 Å². The normalized spacial score (nSPS) is 12.8. The van der Waals surface area contributed by atoms with Gasteiger partial charge in [0, 0.05) is 23.6 Å². The zero-order valence-corrected chi connectivity index (χ0v) is 19.0. The largest absolute Gasteiger partial charge is 0.478 e. The Hall–Kier alpha value is -2.68. The van der Waals surface area contributed by atoms with Gasteiger partial charge in [-0.1, -0.05) is 12.1 Å². The van der Waals surface area contributed by atoms with Gasteiger partial charge in [0.1, 0.15) is 11.5 Å². The van der Waals surface area contributed by atoms with Crippen molar-refractivity contribution in [2.24, 2.45) is 0 Å². The van der Waals surface area contributed by atoms with Crippen molar-refractivity contribution in [3.8, 4) is 11.5 Å². The minimum Gasteiger partial charge on any atom is -0.478 e. The van der Waals surface area contributed by atoms with Gasteiger partial charge in [0.05, 0.1) is 6.26 Å². The van der Waals surface area contributed by atoms with Gasteiger partial charge in [-0.05, 0) is 75.1 Å². The van der Waals surface area contributed by atoms with Crippen LogP contribution in [0.2, 0.25) is 0 Å². The van der Waals surface area contributed by atoms with E-state index in [0.717, 1.165) is 62.4 Å². The molecule has 2 aromatic carbocycles. The fraction of sp³-hybridized carbons (Fsp3) is 0.391. The molecular weight excluding hydrogens is 443 g/mol. The molecule has 0 saturated carbocycles. The maximum atomic E-state index is 12.9. The average molecular weight is 470 g/mol. The summed E-state index contributed by atoms with van der Waals surface area (Å²) in [6, 6.07) is 13.8. The van der Waals surface area contributed by atoms with Crippen LogP contribution in [0.1, 0.15) is 32.3 Å². The number of alkyl halides is 3. The summed E-state index contributed by atoms with van der Waals surface area (Å²) in [5.74, 6) is 0.470. The fourth-order valence-corrected chi connectivity index (χ4v) is 3.74. The molecule has 0 aliphatic rings. The Morgan fingerprint density at radius 1 is 0.938 bits per heavy atom. The van der Waals surface area contributed by atoms with Crippen LogP contribution in [-0.2, 0) is 23.1 Å². The summed E-state index contributed by atoms with van der Waals surface area (Å²) in [7, 11) is -3.57. The van der Waals surface area contributed by atoms with Crippen LogP contribution in [0.3, 0.4) is 0 Å². The van der Waals surface area contributed by atoms with E-state index < -0.39 is 21.9 Å². The van der Waals surface area contributed by atoms with Gasteiger partial charge in [-0.3, -0.25) is 0 Å². The summed E-state index contributed by atoms with van der Waals surface area (Å²) in [5, 5.41) is 0.892. The minimum atomic E-state index is -4.45. The van der Waals surface area contributed by atoms with E-state index in [0.29, 0.717) is 0 Å².